The van der Waals surface area contributed by atoms with Crippen LogP contribution in [0.1, 0.15) is 37.8 Å². The van der Waals surface area contributed by atoms with Gasteiger partial charge in [-0.3, -0.25) is 13.9 Å². The second kappa shape index (κ2) is 14.6. The number of aryl methyl sites for hydroxylation is 1. The topological polar surface area (TPSA) is 96.0 Å². The number of carbonyl (C=O) groups excluding carboxylic acids is 2. The Bertz CT molecular complexity index is 1470. The molecule has 3 aromatic rings. The van der Waals surface area contributed by atoms with Crippen LogP contribution < -0.4 is 14.4 Å². The molecule has 0 saturated carbocycles. The number of hydrogen-bond acceptors (Lipinski definition) is 5. The van der Waals surface area contributed by atoms with Crippen molar-refractivity contribution in [3.63, 3.8) is 0 Å². The predicted octanol–water partition coefficient (Wildman–Crippen LogP) is 5.84. The molecule has 1 atom stereocenters. The highest BCUT2D eigenvalue weighted by Crippen LogP contribution is 2.34. The van der Waals surface area contributed by atoms with Gasteiger partial charge < -0.3 is 15.0 Å². The van der Waals surface area contributed by atoms with E-state index >= 15 is 0 Å². The molecule has 0 radical (unpaired) electrons. The van der Waals surface area contributed by atoms with Crippen molar-refractivity contribution in [3.8, 4) is 5.75 Å². The summed E-state index contributed by atoms with van der Waals surface area (Å²) < 4.78 is 34.6. The zero-order valence-corrected chi connectivity index (χ0v) is 25.9. The fourth-order valence-corrected chi connectivity index (χ4v) is 6.11. The lowest BCUT2D eigenvalue weighted by Gasteiger charge is -2.33. The Hall–Kier alpha value is -3.27. The number of methoxy groups -OCH3 is 1. The fourth-order valence-electron chi connectivity index (χ4n) is 4.35. The number of rotatable bonds is 13. The standard InChI is InChI=1S/C30H35Cl2N3O5S/c1-5-16-33-30(37)26(6-2)34(19-22-13-14-24(31)25(32)18-22)29(36)20-35(27-17-21(3)12-15-28(27)40-4)41(38,39)23-10-8-7-9-11-23/h7-15,17-18,26H,5-6,16,19-20H2,1-4H3,(H,33,37)/t26-/m0/s1. The molecule has 0 aliphatic rings. The van der Waals surface area contributed by atoms with Gasteiger partial charge in [-0.1, -0.05) is 67.4 Å². The monoisotopic (exact) mass is 619 g/mol. The number of nitrogens with zero attached hydrogens (tertiary/aromatic N) is 2. The third-order valence-corrected chi connectivity index (χ3v) is 9.00. The Kier molecular flexibility index (Phi) is 11.5. The van der Waals surface area contributed by atoms with Crippen LogP contribution in [0.3, 0.4) is 0 Å². The number of sulfonamides is 1. The second-order valence-corrected chi connectivity index (χ2v) is 12.2. The van der Waals surface area contributed by atoms with Crippen molar-refractivity contribution in [2.24, 2.45) is 0 Å². The van der Waals surface area contributed by atoms with Crippen molar-refractivity contribution < 1.29 is 22.7 Å². The average Bonchev–Trinajstić information content (AvgIpc) is 2.96. The number of benzene rings is 3. The van der Waals surface area contributed by atoms with Crippen molar-refractivity contribution >= 4 is 50.7 Å². The maximum absolute atomic E-state index is 14.2. The number of anilines is 1. The van der Waals surface area contributed by atoms with Crippen molar-refractivity contribution in [1.29, 1.82) is 0 Å². The number of hydrogen-bond donors (Lipinski definition) is 1. The molecule has 3 rings (SSSR count). The van der Waals surface area contributed by atoms with E-state index in [1.165, 1.54) is 24.1 Å². The molecule has 0 aliphatic heterocycles. The minimum Gasteiger partial charge on any atom is -0.495 e. The summed E-state index contributed by atoms with van der Waals surface area (Å²) in [7, 11) is -2.78. The minimum atomic E-state index is -4.22. The van der Waals surface area contributed by atoms with Gasteiger partial charge in [-0.05, 0) is 67.3 Å². The molecule has 220 valence electrons. The molecule has 41 heavy (non-hydrogen) atoms. The van der Waals surface area contributed by atoms with Gasteiger partial charge in [0, 0.05) is 13.1 Å². The van der Waals surface area contributed by atoms with E-state index in [1.54, 1.807) is 61.5 Å². The van der Waals surface area contributed by atoms with E-state index in [2.05, 4.69) is 5.32 Å². The van der Waals surface area contributed by atoms with Crippen molar-refractivity contribution in [2.45, 2.75) is 51.1 Å². The molecule has 0 aromatic heterocycles. The van der Waals surface area contributed by atoms with Crippen LogP contribution in [-0.2, 0) is 26.2 Å². The highest BCUT2D eigenvalue weighted by atomic mass is 35.5. The summed E-state index contributed by atoms with van der Waals surface area (Å²) in [5.74, 6) is -0.613. The molecule has 3 aromatic carbocycles. The molecular formula is C30H35Cl2N3O5S. The Morgan fingerprint density at radius 2 is 1.68 bits per heavy atom. The van der Waals surface area contributed by atoms with Crippen LogP contribution in [0.15, 0.2) is 71.6 Å². The van der Waals surface area contributed by atoms with Gasteiger partial charge in [0.15, 0.2) is 0 Å². The Morgan fingerprint density at radius 3 is 2.29 bits per heavy atom. The summed E-state index contributed by atoms with van der Waals surface area (Å²) in [5, 5.41) is 3.52. The molecular weight excluding hydrogens is 585 g/mol. The molecule has 0 unspecified atom stereocenters. The Labute approximate surface area is 252 Å². The SMILES string of the molecule is CCCNC(=O)[C@H](CC)N(Cc1ccc(Cl)c(Cl)c1)C(=O)CN(c1cc(C)ccc1OC)S(=O)(=O)c1ccccc1. The molecule has 0 fully saturated rings. The van der Waals surface area contributed by atoms with Crippen molar-refractivity contribution in [2.75, 3.05) is 24.5 Å². The largest absolute Gasteiger partial charge is 0.495 e. The van der Waals surface area contributed by atoms with E-state index in [0.29, 0.717) is 28.6 Å². The average molecular weight is 621 g/mol. The summed E-state index contributed by atoms with van der Waals surface area (Å²) in [4.78, 5) is 28.8. The summed E-state index contributed by atoms with van der Waals surface area (Å²) in [6, 6.07) is 17.1. The number of halogens is 2. The zero-order chi connectivity index (χ0) is 30.2. The van der Waals surface area contributed by atoms with Crippen LogP contribution in [0.4, 0.5) is 5.69 Å². The Morgan fingerprint density at radius 1 is 0.976 bits per heavy atom. The molecule has 0 spiro atoms. The number of ether oxygens (including phenoxy) is 1. The first-order chi connectivity index (χ1) is 19.5. The smallest absolute Gasteiger partial charge is 0.264 e. The lowest BCUT2D eigenvalue weighted by Crippen LogP contribution is -2.52. The van der Waals surface area contributed by atoms with Crippen molar-refractivity contribution in [3.05, 3.63) is 87.9 Å². The first-order valence-electron chi connectivity index (χ1n) is 13.3. The van der Waals surface area contributed by atoms with Crippen LogP contribution in [-0.4, -0.2) is 51.4 Å². The van der Waals surface area contributed by atoms with Gasteiger partial charge in [0.25, 0.3) is 10.0 Å². The second-order valence-electron chi connectivity index (χ2n) is 9.49. The predicted molar refractivity (Wildman–Crippen MR) is 163 cm³/mol. The lowest BCUT2D eigenvalue weighted by molar-refractivity contribution is -0.140. The normalized spacial score (nSPS) is 12.0. The Balaban J connectivity index is 2.12. The molecule has 11 heteroatoms. The first kappa shape index (κ1) is 32.2. The van der Waals surface area contributed by atoms with Crippen molar-refractivity contribution in [1.82, 2.24) is 10.2 Å². The van der Waals surface area contributed by atoms with Crippen LogP contribution in [0.2, 0.25) is 10.0 Å². The summed E-state index contributed by atoms with van der Waals surface area (Å²) in [5.41, 5.74) is 1.63. The van der Waals surface area contributed by atoms with E-state index in [0.717, 1.165) is 16.3 Å². The van der Waals surface area contributed by atoms with E-state index in [9.17, 15) is 18.0 Å². The van der Waals surface area contributed by atoms with Gasteiger partial charge in [-0.2, -0.15) is 0 Å². The maximum atomic E-state index is 14.2. The lowest BCUT2D eigenvalue weighted by atomic mass is 10.1. The van der Waals surface area contributed by atoms with E-state index in [1.807, 2.05) is 13.8 Å². The summed E-state index contributed by atoms with van der Waals surface area (Å²) >= 11 is 12.3. The molecule has 1 N–H and O–H groups in total. The van der Waals surface area contributed by atoms with Gasteiger partial charge >= 0.3 is 0 Å². The molecule has 2 amide bonds. The summed E-state index contributed by atoms with van der Waals surface area (Å²) in [6.07, 6.45) is 1.03. The molecule has 0 heterocycles. The number of nitrogens with one attached hydrogen (secondary N) is 1. The van der Waals surface area contributed by atoms with Crippen LogP contribution in [0, 0.1) is 6.92 Å². The highest BCUT2D eigenvalue weighted by molar-refractivity contribution is 7.92. The van der Waals surface area contributed by atoms with Gasteiger partial charge in [0.1, 0.15) is 18.3 Å². The number of carbonyl (C=O) groups is 2. The van der Waals surface area contributed by atoms with Gasteiger partial charge in [0.05, 0.1) is 27.7 Å². The van der Waals surface area contributed by atoms with E-state index < -0.39 is 28.5 Å². The van der Waals surface area contributed by atoms with Gasteiger partial charge in [0.2, 0.25) is 11.8 Å². The van der Waals surface area contributed by atoms with Crippen LogP contribution in [0.5, 0.6) is 5.75 Å². The molecule has 0 saturated heterocycles. The summed E-state index contributed by atoms with van der Waals surface area (Å²) in [6.45, 7) is 5.43. The molecule has 0 aliphatic carbocycles. The first-order valence-corrected chi connectivity index (χ1v) is 15.5. The molecule has 8 nitrogen and oxygen atoms in total. The van der Waals surface area contributed by atoms with Crippen LogP contribution >= 0.6 is 23.2 Å². The minimum absolute atomic E-state index is 0.0119. The molecule has 0 bridgehead atoms. The van der Waals surface area contributed by atoms with Gasteiger partial charge in [-0.15, -0.1) is 0 Å². The highest BCUT2D eigenvalue weighted by Gasteiger charge is 2.34. The third kappa shape index (κ3) is 7.93. The quantitative estimate of drug-likeness (QED) is 0.259. The van der Waals surface area contributed by atoms with E-state index in [4.69, 9.17) is 27.9 Å². The zero-order valence-electron chi connectivity index (χ0n) is 23.6. The van der Waals surface area contributed by atoms with Crippen LogP contribution in [0.25, 0.3) is 0 Å². The fraction of sp³-hybridized carbons (Fsp3) is 0.333. The number of amides is 2. The van der Waals surface area contributed by atoms with E-state index in [-0.39, 0.29) is 28.8 Å². The third-order valence-electron chi connectivity index (χ3n) is 6.49. The van der Waals surface area contributed by atoms with Gasteiger partial charge in [-0.25, -0.2) is 8.42 Å². The maximum Gasteiger partial charge on any atom is 0.264 e.